The Balaban J connectivity index is 2.23. The van der Waals surface area contributed by atoms with Crippen LogP contribution in [0, 0.1) is 11.3 Å². The Hall–Kier alpha value is -1.30. The Labute approximate surface area is 108 Å². The van der Waals surface area contributed by atoms with Crippen molar-refractivity contribution in [2.45, 2.75) is 19.8 Å². The number of nitrogens with one attached hydrogen (secondary N) is 2. The van der Waals surface area contributed by atoms with Crippen LogP contribution in [0.3, 0.4) is 0 Å². The molecular weight excluding hydrogens is 232 g/mol. The van der Waals surface area contributed by atoms with E-state index < -0.39 is 0 Å². The number of carbonyl (C=O) groups excluding carboxylic acids is 2. The number of carbonyl (C=O) groups is 2. The Bertz CT molecular complexity index is 311. The number of nitrogens with zero attached hydrogens (tertiary/aromatic N) is 1. The van der Waals surface area contributed by atoms with E-state index in [1.807, 2.05) is 0 Å². The van der Waals surface area contributed by atoms with Gasteiger partial charge in [0.05, 0.1) is 5.41 Å². The molecule has 1 saturated carbocycles. The first-order valence-electron chi connectivity index (χ1n) is 6.35. The summed E-state index contributed by atoms with van der Waals surface area (Å²) >= 11 is 0. The highest BCUT2D eigenvalue weighted by Crippen LogP contribution is 2.44. The van der Waals surface area contributed by atoms with Crippen molar-refractivity contribution in [3.05, 3.63) is 0 Å². The summed E-state index contributed by atoms with van der Waals surface area (Å²) in [5.41, 5.74) is 5.32. The van der Waals surface area contributed by atoms with E-state index in [-0.39, 0.29) is 17.4 Å². The topological polar surface area (TPSA) is 87.5 Å². The molecule has 0 atom stereocenters. The van der Waals surface area contributed by atoms with Gasteiger partial charge in [0.1, 0.15) is 0 Å². The summed E-state index contributed by atoms with van der Waals surface area (Å²) in [6.07, 6.45) is 1.72. The smallest absolute Gasteiger partial charge is 0.316 e. The summed E-state index contributed by atoms with van der Waals surface area (Å²) in [6.45, 7) is 3.39. The molecule has 104 valence electrons. The summed E-state index contributed by atoms with van der Waals surface area (Å²) in [5.74, 6) is 0.593. The van der Waals surface area contributed by atoms with Gasteiger partial charge in [-0.3, -0.25) is 4.79 Å². The van der Waals surface area contributed by atoms with E-state index >= 15 is 0 Å². The van der Waals surface area contributed by atoms with Crippen molar-refractivity contribution in [3.63, 3.8) is 0 Å². The third-order valence-electron chi connectivity index (χ3n) is 3.44. The van der Waals surface area contributed by atoms with Crippen LogP contribution in [0.15, 0.2) is 0 Å². The lowest BCUT2D eigenvalue weighted by atomic mass is 9.62. The molecule has 0 aromatic rings. The van der Waals surface area contributed by atoms with Gasteiger partial charge < -0.3 is 21.3 Å². The fourth-order valence-electron chi connectivity index (χ4n) is 2.41. The van der Waals surface area contributed by atoms with Gasteiger partial charge in [-0.25, -0.2) is 4.79 Å². The normalized spacial score (nSPS) is 26.1. The molecule has 0 heterocycles. The van der Waals surface area contributed by atoms with Crippen LogP contribution in [0.1, 0.15) is 19.8 Å². The molecule has 1 aliphatic carbocycles. The quantitative estimate of drug-likeness (QED) is 0.593. The third kappa shape index (κ3) is 3.35. The molecule has 1 rings (SSSR count). The molecule has 6 nitrogen and oxygen atoms in total. The number of hydrogen-bond acceptors (Lipinski definition) is 3. The second kappa shape index (κ2) is 6.04. The van der Waals surface area contributed by atoms with Crippen molar-refractivity contribution >= 4 is 11.9 Å². The maximum atomic E-state index is 12.0. The van der Waals surface area contributed by atoms with E-state index in [1.165, 1.54) is 4.90 Å². The lowest BCUT2D eigenvalue weighted by Gasteiger charge is -2.44. The van der Waals surface area contributed by atoms with E-state index in [1.54, 1.807) is 14.1 Å². The van der Waals surface area contributed by atoms with Crippen LogP contribution in [-0.2, 0) is 4.79 Å². The van der Waals surface area contributed by atoms with Crippen LogP contribution in [-0.4, -0.2) is 50.6 Å². The number of hydrogen-bond donors (Lipinski definition) is 3. The summed E-state index contributed by atoms with van der Waals surface area (Å²) in [7, 11) is 3.35. The molecule has 0 bridgehead atoms. The summed E-state index contributed by atoms with van der Waals surface area (Å²) in [5, 5.41) is 5.53. The molecule has 6 heteroatoms. The molecule has 4 N–H and O–H groups in total. The zero-order valence-electron chi connectivity index (χ0n) is 11.5. The van der Waals surface area contributed by atoms with E-state index in [4.69, 9.17) is 5.73 Å². The molecule has 1 aliphatic rings. The first kappa shape index (κ1) is 14.8. The summed E-state index contributed by atoms with van der Waals surface area (Å²) in [6, 6.07) is -0.157. The summed E-state index contributed by atoms with van der Waals surface area (Å²) < 4.78 is 0. The average molecular weight is 256 g/mol. The Kier molecular flexibility index (Phi) is 4.95. The monoisotopic (exact) mass is 256 g/mol. The lowest BCUT2D eigenvalue weighted by Crippen LogP contribution is -2.54. The van der Waals surface area contributed by atoms with Crippen molar-refractivity contribution < 1.29 is 9.59 Å². The van der Waals surface area contributed by atoms with Crippen molar-refractivity contribution in [2.24, 2.45) is 17.1 Å². The fourth-order valence-corrected chi connectivity index (χ4v) is 2.41. The highest BCUT2D eigenvalue weighted by molar-refractivity contribution is 5.84. The zero-order valence-corrected chi connectivity index (χ0v) is 11.5. The molecule has 1 fully saturated rings. The highest BCUT2D eigenvalue weighted by atomic mass is 16.2. The van der Waals surface area contributed by atoms with E-state index in [2.05, 4.69) is 17.6 Å². The van der Waals surface area contributed by atoms with Gasteiger partial charge in [-0.2, -0.15) is 0 Å². The Morgan fingerprint density at radius 3 is 2.28 bits per heavy atom. The first-order chi connectivity index (χ1) is 8.41. The van der Waals surface area contributed by atoms with E-state index in [0.717, 1.165) is 12.8 Å². The molecular formula is C12H24N4O2. The van der Waals surface area contributed by atoms with Gasteiger partial charge in [-0.1, -0.05) is 6.92 Å². The van der Waals surface area contributed by atoms with Gasteiger partial charge in [0, 0.05) is 33.7 Å². The molecule has 0 aromatic carbocycles. The minimum Gasteiger partial charge on any atom is -0.354 e. The molecule has 0 saturated heterocycles. The van der Waals surface area contributed by atoms with E-state index in [0.29, 0.717) is 25.6 Å². The lowest BCUT2D eigenvalue weighted by molar-refractivity contribution is -0.137. The van der Waals surface area contributed by atoms with Crippen molar-refractivity contribution in [1.82, 2.24) is 15.5 Å². The average Bonchev–Trinajstić information content (AvgIpc) is 2.29. The Morgan fingerprint density at radius 2 is 1.83 bits per heavy atom. The molecule has 0 spiro atoms. The zero-order chi connectivity index (χ0) is 13.8. The highest BCUT2D eigenvalue weighted by Gasteiger charge is 2.46. The van der Waals surface area contributed by atoms with Crippen LogP contribution in [0.5, 0.6) is 0 Å². The second-order valence-electron chi connectivity index (χ2n) is 5.38. The van der Waals surface area contributed by atoms with Crippen molar-refractivity contribution in [2.75, 3.05) is 33.7 Å². The predicted octanol–water partition coefficient (Wildman–Crippen LogP) is -0.251. The van der Waals surface area contributed by atoms with Gasteiger partial charge in [-0.15, -0.1) is 0 Å². The van der Waals surface area contributed by atoms with Gasteiger partial charge in [-0.05, 0) is 18.8 Å². The molecule has 0 radical (unpaired) electrons. The van der Waals surface area contributed by atoms with Crippen molar-refractivity contribution in [1.29, 1.82) is 0 Å². The molecule has 0 aliphatic heterocycles. The standard InChI is InChI=1S/C12H24N4O2/c1-9-6-12(7-9,8-13)10(17)14-4-5-15-11(18)16(2)3/h9H,4-8,13H2,1-3H3,(H,14,17)(H,15,18). The number of rotatable bonds is 5. The van der Waals surface area contributed by atoms with Crippen LogP contribution in [0.2, 0.25) is 0 Å². The number of urea groups is 1. The third-order valence-corrected chi connectivity index (χ3v) is 3.44. The van der Waals surface area contributed by atoms with Crippen molar-refractivity contribution in [3.8, 4) is 0 Å². The second-order valence-corrected chi connectivity index (χ2v) is 5.38. The minimum absolute atomic E-state index is 0.0159. The first-order valence-corrected chi connectivity index (χ1v) is 6.35. The maximum Gasteiger partial charge on any atom is 0.316 e. The maximum absolute atomic E-state index is 12.0. The van der Waals surface area contributed by atoms with Crippen LogP contribution in [0.25, 0.3) is 0 Å². The van der Waals surface area contributed by atoms with Crippen LogP contribution >= 0.6 is 0 Å². The minimum atomic E-state index is -0.370. The predicted molar refractivity (Wildman–Crippen MR) is 70.0 cm³/mol. The Morgan fingerprint density at radius 1 is 1.28 bits per heavy atom. The number of nitrogens with two attached hydrogens (primary N) is 1. The summed E-state index contributed by atoms with van der Waals surface area (Å²) in [4.78, 5) is 24.7. The van der Waals surface area contributed by atoms with E-state index in [9.17, 15) is 9.59 Å². The largest absolute Gasteiger partial charge is 0.354 e. The van der Waals surface area contributed by atoms with Crippen LogP contribution in [0.4, 0.5) is 4.79 Å². The van der Waals surface area contributed by atoms with Gasteiger partial charge in [0.2, 0.25) is 5.91 Å². The van der Waals surface area contributed by atoms with Gasteiger partial charge >= 0.3 is 6.03 Å². The van der Waals surface area contributed by atoms with Crippen LogP contribution < -0.4 is 16.4 Å². The van der Waals surface area contributed by atoms with Gasteiger partial charge in [0.25, 0.3) is 0 Å². The fraction of sp³-hybridized carbons (Fsp3) is 0.833. The molecule has 18 heavy (non-hydrogen) atoms. The SMILES string of the molecule is CC1CC(CN)(C(=O)NCCNC(=O)N(C)C)C1. The molecule has 0 aromatic heterocycles. The van der Waals surface area contributed by atoms with Gasteiger partial charge in [0.15, 0.2) is 0 Å². The molecule has 3 amide bonds. The number of amides is 3. The molecule has 0 unspecified atom stereocenters.